The molecule has 2 aliphatic heterocycles. The van der Waals surface area contributed by atoms with Crippen molar-refractivity contribution in [3.8, 4) is 11.1 Å². The molecule has 4 heterocycles. The Morgan fingerprint density at radius 2 is 2.00 bits per heavy atom. The summed E-state index contributed by atoms with van der Waals surface area (Å²) in [5, 5.41) is 11.1. The summed E-state index contributed by atoms with van der Waals surface area (Å²) in [5.74, 6) is 0.0226. The van der Waals surface area contributed by atoms with E-state index >= 15 is 0 Å². The van der Waals surface area contributed by atoms with Gasteiger partial charge in [-0.2, -0.15) is 13.9 Å². The van der Waals surface area contributed by atoms with E-state index in [2.05, 4.69) is 15.1 Å². The maximum atomic E-state index is 14.3. The molecular weight excluding hydrogens is 411 g/mol. The number of alkyl halides is 3. The Labute approximate surface area is 177 Å². The number of amidine groups is 1. The SMILES string of the molecule is CC(C)(F)C(=O)N1C2CCC1CN(C(=NC=N)c1cc(-c3cnn(C(F)F)c3)c[nH]1)C2. The largest absolute Gasteiger partial charge is 0.358 e. The fraction of sp³-hybridized carbons (Fsp3) is 0.500. The van der Waals surface area contributed by atoms with Gasteiger partial charge < -0.3 is 14.8 Å². The van der Waals surface area contributed by atoms with Crippen LogP contribution in [0.15, 0.2) is 29.6 Å². The summed E-state index contributed by atoms with van der Waals surface area (Å²) < 4.78 is 40.5. The van der Waals surface area contributed by atoms with E-state index < -0.39 is 18.1 Å². The molecule has 4 rings (SSSR count). The van der Waals surface area contributed by atoms with Gasteiger partial charge in [-0.3, -0.25) is 10.2 Å². The standard InChI is InChI=1S/C20H24F3N7O/c1-20(2,23)18(31)30-14-3-4-15(30)10-28(9-14)17(26-11-24)16-5-12(6-25-16)13-7-27-29(8-13)19(21)22/h5-8,11,14-15,19,24-25H,3-4,9-10H2,1-2H3. The first kappa shape index (κ1) is 21.1. The van der Waals surface area contributed by atoms with Crippen molar-refractivity contribution in [2.75, 3.05) is 13.1 Å². The molecule has 31 heavy (non-hydrogen) atoms. The number of aromatic nitrogens is 3. The van der Waals surface area contributed by atoms with E-state index in [9.17, 15) is 18.0 Å². The number of nitrogens with zero attached hydrogens (tertiary/aromatic N) is 5. The summed E-state index contributed by atoms with van der Waals surface area (Å²) >= 11 is 0. The average Bonchev–Trinajstić information content (AvgIpc) is 3.42. The molecule has 166 valence electrons. The van der Waals surface area contributed by atoms with Crippen LogP contribution in [0.3, 0.4) is 0 Å². The van der Waals surface area contributed by atoms with Crippen molar-refractivity contribution in [3.05, 3.63) is 30.4 Å². The Hall–Kier alpha value is -3.11. The number of aliphatic imine (C=N–C) groups is 1. The molecule has 2 unspecified atom stereocenters. The molecule has 8 nitrogen and oxygen atoms in total. The van der Waals surface area contributed by atoms with Crippen molar-refractivity contribution in [2.45, 2.75) is 51.0 Å². The first-order valence-electron chi connectivity index (χ1n) is 10.0. The third-order valence-corrected chi connectivity index (χ3v) is 5.77. The molecule has 2 aromatic rings. The molecule has 0 aliphatic carbocycles. The van der Waals surface area contributed by atoms with Crippen molar-refractivity contribution in [3.63, 3.8) is 0 Å². The van der Waals surface area contributed by atoms with E-state index in [1.165, 1.54) is 26.2 Å². The number of amides is 1. The third kappa shape index (κ3) is 3.96. The van der Waals surface area contributed by atoms with E-state index in [-0.39, 0.29) is 12.1 Å². The molecule has 2 atom stereocenters. The predicted octanol–water partition coefficient (Wildman–Crippen LogP) is 3.05. The van der Waals surface area contributed by atoms with Gasteiger partial charge in [0.15, 0.2) is 11.5 Å². The molecule has 0 radical (unpaired) electrons. The highest BCUT2D eigenvalue weighted by atomic mass is 19.3. The van der Waals surface area contributed by atoms with Crippen LogP contribution >= 0.6 is 0 Å². The van der Waals surface area contributed by atoms with E-state index in [4.69, 9.17) is 5.41 Å². The molecule has 2 aliphatic rings. The lowest BCUT2D eigenvalue weighted by Crippen LogP contribution is -2.60. The van der Waals surface area contributed by atoms with Gasteiger partial charge in [0, 0.05) is 48.7 Å². The summed E-state index contributed by atoms with van der Waals surface area (Å²) in [6, 6.07) is 1.51. The number of likely N-dealkylation sites (tertiary alicyclic amines) is 1. The zero-order chi connectivity index (χ0) is 22.3. The second-order valence-electron chi connectivity index (χ2n) is 8.35. The number of fused-ring (bicyclic) bond motifs is 2. The number of piperazine rings is 1. The topological polar surface area (TPSA) is 93.4 Å². The van der Waals surface area contributed by atoms with Gasteiger partial charge in [0.1, 0.15) is 6.34 Å². The Morgan fingerprint density at radius 1 is 1.32 bits per heavy atom. The molecule has 2 saturated heterocycles. The predicted molar refractivity (Wildman–Crippen MR) is 109 cm³/mol. The summed E-state index contributed by atoms with van der Waals surface area (Å²) in [5.41, 5.74) is -0.118. The molecule has 2 fully saturated rings. The fourth-order valence-corrected chi connectivity index (χ4v) is 4.38. The number of rotatable bonds is 5. The van der Waals surface area contributed by atoms with Gasteiger partial charge >= 0.3 is 6.55 Å². The second kappa shape index (κ2) is 7.86. The monoisotopic (exact) mass is 435 g/mol. The molecule has 0 spiro atoms. The number of aromatic amines is 1. The highest BCUT2D eigenvalue weighted by Crippen LogP contribution is 2.34. The van der Waals surface area contributed by atoms with Crippen molar-refractivity contribution < 1.29 is 18.0 Å². The van der Waals surface area contributed by atoms with Crippen LogP contribution in [-0.4, -0.2) is 73.5 Å². The highest BCUT2D eigenvalue weighted by Gasteiger charge is 2.47. The maximum Gasteiger partial charge on any atom is 0.333 e. The van der Waals surface area contributed by atoms with E-state index in [1.54, 1.807) is 17.2 Å². The van der Waals surface area contributed by atoms with Crippen LogP contribution in [-0.2, 0) is 4.79 Å². The van der Waals surface area contributed by atoms with Gasteiger partial charge in [-0.05, 0) is 32.8 Å². The minimum Gasteiger partial charge on any atom is -0.358 e. The number of carbonyl (C=O) groups is 1. The number of carbonyl (C=O) groups excluding carboxylic acids is 1. The van der Waals surface area contributed by atoms with Crippen LogP contribution in [0, 0.1) is 5.41 Å². The van der Waals surface area contributed by atoms with Crippen LogP contribution in [0.5, 0.6) is 0 Å². The summed E-state index contributed by atoms with van der Waals surface area (Å²) in [6.45, 7) is 0.788. The Kier molecular flexibility index (Phi) is 5.36. The van der Waals surface area contributed by atoms with Crippen molar-refractivity contribution >= 4 is 18.1 Å². The van der Waals surface area contributed by atoms with E-state index in [0.717, 1.165) is 19.2 Å². The summed E-state index contributed by atoms with van der Waals surface area (Å²) in [6.07, 6.45) is 6.79. The Morgan fingerprint density at radius 3 is 2.55 bits per heavy atom. The van der Waals surface area contributed by atoms with Crippen molar-refractivity contribution in [1.29, 1.82) is 5.41 Å². The molecule has 0 saturated carbocycles. The molecule has 2 bridgehead atoms. The molecule has 2 aromatic heterocycles. The summed E-state index contributed by atoms with van der Waals surface area (Å²) in [4.78, 5) is 23.5. The Bertz CT molecular complexity index is 993. The van der Waals surface area contributed by atoms with Gasteiger partial charge in [0.2, 0.25) is 0 Å². The van der Waals surface area contributed by atoms with Gasteiger partial charge in [-0.25, -0.2) is 14.1 Å². The lowest BCUT2D eigenvalue weighted by atomic mass is 10.1. The number of H-pyrrole nitrogens is 1. The normalized spacial score (nSPS) is 21.8. The lowest BCUT2D eigenvalue weighted by molar-refractivity contribution is -0.147. The van der Waals surface area contributed by atoms with Crippen molar-refractivity contribution in [2.24, 2.45) is 4.99 Å². The minimum absolute atomic E-state index is 0.129. The molecule has 1 amide bonds. The quantitative estimate of drug-likeness (QED) is 0.558. The van der Waals surface area contributed by atoms with Crippen LogP contribution in [0.2, 0.25) is 0 Å². The van der Waals surface area contributed by atoms with Crippen LogP contribution in [0.1, 0.15) is 38.9 Å². The minimum atomic E-state index is -2.72. The number of halogens is 3. The third-order valence-electron chi connectivity index (χ3n) is 5.77. The zero-order valence-corrected chi connectivity index (χ0v) is 17.2. The fourth-order valence-electron chi connectivity index (χ4n) is 4.38. The number of hydrogen-bond acceptors (Lipinski definition) is 3. The van der Waals surface area contributed by atoms with Gasteiger partial charge in [0.05, 0.1) is 11.9 Å². The Balaban J connectivity index is 1.56. The van der Waals surface area contributed by atoms with Crippen LogP contribution in [0.25, 0.3) is 11.1 Å². The zero-order valence-electron chi connectivity index (χ0n) is 17.2. The first-order valence-corrected chi connectivity index (χ1v) is 10.0. The van der Waals surface area contributed by atoms with Gasteiger partial charge in [-0.1, -0.05) is 0 Å². The molecular formula is C20H24F3N7O. The highest BCUT2D eigenvalue weighted by molar-refractivity contribution is 6.02. The van der Waals surface area contributed by atoms with E-state index in [0.29, 0.717) is 40.4 Å². The number of nitrogens with one attached hydrogen (secondary N) is 2. The van der Waals surface area contributed by atoms with Gasteiger partial charge in [0.25, 0.3) is 5.91 Å². The maximum absolute atomic E-state index is 14.3. The smallest absolute Gasteiger partial charge is 0.333 e. The van der Waals surface area contributed by atoms with E-state index in [1.807, 2.05) is 4.90 Å². The molecule has 0 aromatic carbocycles. The lowest BCUT2D eigenvalue weighted by Gasteiger charge is -2.43. The first-order chi connectivity index (χ1) is 14.7. The number of hydrogen-bond donors (Lipinski definition) is 2. The molecule has 11 heteroatoms. The van der Waals surface area contributed by atoms with Crippen molar-refractivity contribution in [1.82, 2.24) is 24.6 Å². The van der Waals surface area contributed by atoms with Crippen LogP contribution < -0.4 is 0 Å². The molecule has 2 N–H and O–H groups in total. The van der Waals surface area contributed by atoms with Crippen LogP contribution in [0.4, 0.5) is 13.2 Å². The van der Waals surface area contributed by atoms with Gasteiger partial charge in [-0.15, -0.1) is 0 Å². The average molecular weight is 435 g/mol. The second-order valence-corrected chi connectivity index (χ2v) is 8.35. The summed E-state index contributed by atoms with van der Waals surface area (Å²) in [7, 11) is 0.